The number of ether oxygens (including phenoxy) is 1. The lowest BCUT2D eigenvalue weighted by Crippen LogP contribution is -2.54. The molecule has 1 saturated carbocycles. The van der Waals surface area contributed by atoms with Crippen LogP contribution in [0, 0.1) is 5.92 Å². The van der Waals surface area contributed by atoms with E-state index in [1.165, 1.54) is 0 Å². The summed E-state index contributed by atoms with van der Waals surface area (Å²) in [6.45, 7) is 3.57. The fourth-order valence-corrected chi connectivity index (χ4v) is 3.05. The quantitative estimate of drug-likeness (QED) is 0.431. The minimum atomic E-state index is -4.14. The fourth-order valence-electron chi connectivity index (χ4n) is 2.39. The highest BCUT2D eigenvalue weighted by atomic mass is 31.2. The molecule has 19 heavy (non-hydrogen) atoms. The molecule has 0 bridgehead atoms. The van der Waals surface area contributed by atoms with Crippen LogP contribution >= 0.6 is 7.60 Å². The molecule has 7 nitrogen and oxygen atoms in total. The van der Waals surface area contributed by atoms with Gasteiger partial charge in [-0.3, -0.25) is 4.57 Å². The predicted octanol–water partition coefficient (Wildman–Crippen LogP) is -0.550. The van der Waals surface area contributed by atoms with Gasteiger partial charge in [0.25, 0.3) is 0 Å². The van der Waals surface area contributed by atoms with Crippen molar-refractivity contribution in [3.63, 3.8) is 0 Å². The van der Waals surface area contributed by atoms with Crippen molar-refractivity contribution in [2.75, 3.05) is 6.16 Å². The minimum Gasteiger partial charge on any atom is -0.390 e. The SMILES string of the molecule is CC(C)O[C@H]1C[C@H](CCP(=O)(O)O)[C@@H](O)[C@H](O)[C@@H]1O. The van der Waals surface area contributed by atoms with Gasteiger partial charge in [0, 0.05) is 0 Å². The monoisotopic (exact) mass is 298 g/mol. The average molecular weight is 298 g/mol. The summed E-state index contributed by atoms with van der Waals surface area (Å²) in [5, 5.41) is 29.4. The van der Waals surface area contributed by atoms with E-state index < -0.39 is 37.9 Å². The second-order valence-electron chi connectivity index (χ2n) is 5.37. The molecule has 0 saturated heterocycles. The molecular formula is C11H23O7P. The smallest absolute Gasteiger partial charge is 0.325 e. The van der Waals surface area contributed by atoms with E-state index in [0.29, 0.717) is 0 Å². The predicted molar refractivity (Wildman–Crippen MR) is 67.7 cm³/mol. The Bertz CT molecular complexity index is 329. The molecule has 114 valence electrons. The molecule has 0 aromatic heterocycles. The van der Waals surface area contributed by atoms with Crippen LogP contribution in [0.5, 0.6) is 0 Å². The van der Waals surface area contributed by atoms with Crippen molar-refractivity contribution >= 4 is 7.60 Å². The highest BCUT2D eigenvalue weighted by molar-refractivity contribution is 7.51. The van der Waals surface area contributed by atoms with Gasteiger partial charge in [0.05, 0.1) is 24.5 Å². The van der Waals surface area contributed by atoms with Crippen LogP contribution in [0.3, 0.4) is 0 Å². The highest BCUT2D eigenvalue weighted by Gasteiger charge is 2.43. The Morgan fingerprint density at radius 3 is 2.21 bits per heavy atom. The number of hydrogen-bond donors (Lipinski definition) is 5. The van der Waals surface area contributed by atoms with E-state index in [9.17, 15) is 19.9 Å². The summed E-state index contributed by atoms with van der Waals surface area (Å²) >= 11 is 0. The van der Waals surface area contributed by atoms with E-state index in [4.69, 9.17) is 14.5 Å². The molecule has 0 radical (unpaired) electrons. The Morgan fingerprint density at radius 1 is 1.16 bits per heavy atom. The van der Waals surface area contributed by atoms with Gasteiger partial charge >= 0.3 is 7.60 Å². The summed E-state index contributed by atoms with van der Waals surface area (Å²) < 4.78 is 16.3. The fraction of sp³-hybridized carbons (Fsp3) is 1.00. The molecule has 5 atom stereocenters. The molecular weight excluding hydrogens is 275 g/mol. The molecule has 0 heterocycles. The Kier molecular flexibility index (Phi) is 5.95. The molecule has 1 aliphatic carbocycles. The Morgan fingerprint density at radius 2 is 1.74 bits per heavy atom. The van der Waals surface area contributed by atoms with Crippen LogP contribution < -0.4 is 0 Å². The van der Waals surface area contributed by atoms with Crippen molar-refractivity contribution in [3.05, 3.63) is 0 Å². The lowest BCUT2D eigenvalue weighted by atomic mass is 9.79. The molecule has 0 aromatic rings. The van der Waals surface area contributed by atoms with Crippen molar-refractivity contribution in [1.82, 2.24) is 0 Å². The molecule has 1 rings (SSSR count). The van der Waals surface area contributed by atoms with Gasteiger partial charge in [-0.05, 0) is 32.6 Å². The normalized spacial score (nSPS) is 36.7. The standard InChI is InChI=1S/C11H23O7P/c1-6(2)18-8-5-7(3-4-19(15,16)17)9(12)11(14)10(8)13/h6-14H,3-5H2,1-2H3,(H2,15,16,17)/t7-,8-,9+,10+,11-/m0/s1. The lowest BCUT2D eigenvalue weighted by Gasteiger charge is -2.41. The second kappa shape index (κ2) is 6.63. The van der Waals surface area contributed by atoms with E-state index in [1.807, 2.05) is 0 Å². The molecule has 0 spiro atoms. The zero-order chi connectivity index (χ0) is 14.8. The third-order valence-corrected chi connectivity index (χ3v) is 4.18. The maximum Gasteiger partial charge on any atom is 0.325 e. The topological polar surface area (TPSA) is 127 Å². The van der Waals surface area contributed by atoms with Crippen LogP contribution in [-0.2, 0) is 9.30 Å². The van der Waals surface area contributed by atoms with Gasteiger partial charge in [-0.2, -0.15) is 0 Å². The largest absolute Gasteiger partial charge is 0.390 e. The van der Waals surface area contributed by atoms with Gasteiger partial charge in [-0.1, -0.05) is 0 Å². The zero-order valence-corrected chi connectivity index (χ0v) is 12.0. The maximum atomic E-state index is 10.9. The number of aliphatic hydroxyl groups is 3. The highest BCUT2D eigenvalue weighted by Crippen LogP contribution is 2.39. The number of hydrogen-bond acceptors (Lipinski definition) is 5. The first kappa shape index (κ1) is 17.0. The maximum absolute atomic E-state index is 10.9. The summed E-state index contributed by atoms with van der Waals surface area (Å²) in [5.41, 5.74) is 0. The first-order chi connectivity index (χ1) is 8.61. The zero-order valence-electron chi connectivity index (χ0n) is 11.1. The second-order valence-corrected chi connectivity index (χ2v) is 7.14. The lowest BCUT2D eigenvalue weighted by molar-refractivity contribution is -0.182. The summed E-state index contributed by atoms with van der Waals surface area (Å²) in [7, 11) is -4.14. The van der Waals surface area contributed by atoms with E-state index in [1.54, 1.807) is 13.8 Å². The summed E-state index contributed by atoms with van der Waals surface area (Å²) in [4.78, 5) is 17.7. The van der Waals surface area contributed by atoms with E-state index in [0.717, 1.165) is 0 Å². The van der Waals surface area contributed by atoms with Crippen molar-refractivity contribution < 1.29 is 34.4 Å². The molecule has 1 fully saturated rings. The van der Waals surface area contributed by atoms with E-state index >= 15 is 0 Å². The van der Waals surface area contributed by atoms with Crippen LogP contribution in [0.1, 0.15) is 26.7 Å². The Labute approximate surface area is 112 Å². The number of aliphatic hydroxyl groups excluding tert-OH is 3. The molecule has 0 aromatic carbocycles. The van der Waals surface area contributed by atoms with Crippen LogP contribution in [0.2, 0.25) is 0 Å². The summed E-state index contributed by atoms with van der Waals surface area (Å²) in [6.07, 6.45) is -4.56. The van der Waals surface area contributed by atoms with E-state index in [-0.39, 0.29) is 25.1 Å². The van der Waals surface area contributed by atoms with Gasteiger partial charge in [-0.15, -0.1) is 0 Å². The van der Waals surface area contributed by atoms with Gasteiger partial charge < -0.3 is 29.8 Å². The molecule has 0 unspecified atom stereocenters. The van der Waals surface area contributed by atoms with Crippen LogP contribution in [-0.4, -0.2) is 61.8 Å². The molecule has 8 heteroatoms. The third kappa shape index (κ3) is 5.11. The molecule has 5 N–H and O–H groups in total. The average Bonchev–Trinajstić information content (AvgIpc) is 2.26. The van der Waals surface area contributed by atoms with E-state index in [2.05, 4.69) is 0 Å². The molecule has 0 amide bonds. The Balaban J connectivity index is 2.67. The Hall–Kier alpha value is -0.0100. The third-order valence-electron chi connectivity index (χ3n) is 3.34. The van der Waals surface area contributed by atoms with Gasteiger partial charge in [0.15, 0.2) is 0 Å². The van der Waals surface area contributed by atoms with Crippen LogP contribution in [0.25, 0.3) is 0 Å². The first-order valence-corrected chi connectivity index (χ1v) is 8.16. The summed E-state index contributed by atoms with van der Waals surface area (Å²) in [5.74, 6) is -0.505. The minimum absolute atomic E-state index is 0.0766. The first-order valence-electron chi connectivity index (χ1n) is 6.36. The van der Waals surface area contributed by atoms with Crippen LogP contribution in [0.4, 0.5) is 0 Å². The summed E-state index contributed by atoms with van der Waals surface area (Å²) in [6, 6.07) is 0. The van der Waals surface area contributed by atoms with Crippen molar-refractivity contribution in [2.24, 2.45) is 5.92 Å². The van der Waals surface area contributed by atoms with Crippen molar-refractivity contribution in [2.45, 2.75) is 57.2 Å². The molecule has 1 aliphatic rings. The van der Waals surface area contributed by atoms with Gasteiger partial charge in [-0.25, -0.2) is 0 Å². The molecule has 0 aliphatic heterocycles. The van der Waals surface area contributed by atoms with Crippen molar-refractivity contribution in [1.29, 1.82) is 0 Å². The number of rotatable bonds is 5. The van der Waals surface area contributed by atoms with Gasteiger partial charge in [0.2, 0.25) is 0 Å². The van der Waals surface area contributed by atoms with Gasteiger partial charge in [0.1, 0.15) is 12.2 Å². The van der Waals surface area contributed by atoms with Crippen LogP contribution in [0.15, 0.2) is 0 Å². The van der Waals surface area contributed by atoms with Crippen molar-refractivity contribution in [3.8, 4) is 0 Å².